The first-order valence-electron chi connectivity index (χ1n) is 3.54. The molecule has 62 valence electrons. The average molecular weight is 220 g/mol. The molecule has 0 aliphatic rings. The third-order valence-corrected chi connectivity index (χ3v) is 1.82. The second kappa shape index (κ2) is 3.76. The number of rotatable bonds is 3. The maximum Gasteiger partial charge on any atom is 0.283 e. The minimum Gasteiger partial charge on any atom is -0.380 e. The quantitative estimate of drug-likeness (QED) is 0.727. The molecule has 0 aliphatic heterocycles. The summed E-state index contributed by atoms with van der Waals surface area (Å²) < 4.78 is 6.44. The summed E-state index contributed by atoms with van der Waals surface area (Å²) in [6.07, 6.45) is 1.82. The Hall–Kier alpha value is -0.510. The van der Waals surface area contributed by atoms with Gasteiger partial charge in [-0.05, 0) is 6.42 Å². The summed E-state index contributed by atoms with van der Waals surface area (Å²) in [7, 11) is 0. The van der Waals surface area contributed by atoms with Crippen LogP contribution < -0.4 is 5.56 Å². The molecule has 1 aromatic heterocycles. The minimum absolute atomic E-state index is 0.0784. The molecule has 1 rings (SSSR count). The Balaban J connectivity index is 2.86. The van der Waals surface area contributed by atoms with Crippen molar-refractivity contribution in [3.05, 3.63) is 22.2 Å². The lowest BCUT2D eigenvalue weighted by atomic mass is 10.3. The van der Waals surface area contributed by atoms with E-state index in [-0.39, 0.29) is 5.56 Å². The third-order valence-electron chi connectivity index (χ3n) is 1.36. The van der Waals surface area contributed by atoms with Crippen LogP contribution in [-0.4, -0.2) is 4.74 Å². The molecule has 11 heavy (non-hydrogen) atoms. The number of halogens is 1. The third kappa shape index (κ3) is 1.96. The van der Waals surface area contributed by atoms with Gasteiger partial charge < -0.3 is 4.52 Å². The molecule has 0 aliphatic carbocycles. The minimum atomic E-state index is -0.0784. The maximum atomic E-state index is 11.0. The van der Waals surface area contributed by atoms with Crippen LogP contribution in [0.5, 0.6) is 0 Å². The van der Waals surface area contributed by atoms with Gasteiger partial charge in [0.1, 0.15) is 11.2 Å². The van der Waals surface area contributed by atoms with Gasteiger partial charge in [0.15, 0.2) is 0 Å². The van der Waals surface area contributed by atoms with Crippen LogP contribution in [0.2, 0.25) is 0 Å². The van der Waals surface area contributed by atoms with Gasteiger partial charge in [-0.3, -0.25) is 4.79 Å². The predicted octanol–water partition coefficient (Wildman–Crippen LogP) is 1.75. The summed E-state index contributed by atoms with van der Waals surface area (Å²) in [5.41, 5.74) is 0.348. The van der Waals surface area contributed by atoms with Crippen molar-refractivity contribution in [3.63, 3.8) is 0 Å². The number of aryl methyl sites for hydroxylation is 1. The molecule has 0 aromatic carbocycles. The lowest BCUT2D eigenvalue weighted by Crippen LogP contribution is -2.09. The monoisotopic (exact) mass is 219 g/mol. The molecule has 0 bridgehead atoms. The highest BCUT2D eigenvalue weighted by Gasteiger charge is 2.02. The van der Waals surface area contributed by atoms with Crippen LogP contribution >= 0.6 is 15.9 Å². The SMILES string of the molecule is CCCc1cc(=O)n(CBr)o1. The van der Waals surface area contributed by atoms with Crippen LogP contribution in [0.3, 0.4) is 0 Å². The van der Waals surface area contributed by atoms with E-state index in [1.54, 1.807) is 0 Å². The van der Waals surface area contributed by atoms with Crippen LogP contribution in [0.4, 0.5) is 0 Å². The number of nitrogens with zero attached hydrogens (tertiary/aromatic N) is 1. The van der Waals surface area contributed by atoms with Gasteiger partial charge in [0.25, 0.3) is 5.56 Å². The van der Waals surface area contributed by atoms with Gasteiger partial charge in [-0.2, -0.15) is 4.74 Å². The van der Waals surface area contributed by atoms with Crippen molar-refractivity contribution in [1.29, 1.82) is 0 Å². The number of alkyl halides is 1. The van der Waals surface area contributed by atoms with E-state index in [4.69, 9.17) is 4.52 Å². The second-order valence-corrected chi connectivity index (χ2v) is 2.79. The molecule has 0 unspecified atom stereocenters. The van der Waals surface area contributed by atoms with Crippen LogP contribution in [0.15, 0.2) is 15.4 Å². The first-order valence-corrected chi connectivity index (χ1v) is 4.66. The topological polar surface area (TPSA) is 35.1 Å². The fourth-order valence-electron chi connectivity index (χ4n) is 0.870. The van der Waals surface area contributed by atoms with Crippen molar-refractivity contribution in [3.8, 4) is 0 Å². The predicted molar refractivity (Wildman–Crippen MR) is 45.9 cm³/mol. The van der Waals surface area contributed by atoms with Crippen molar-refractivity contribution in [1.82, 2.24) is 4.74 Å². The van der Waals surface area contributed by atoms with Crippen LogP contribution in [0.1, 0.15) is 19.1 Å². The lowest BCUT2D eigenvalue weighted by molar-refractivity contribution is 0.272. The maximum absolute atomic E-state index is 11.0. The lowest BCUT2D eigenvalue weighted by Gasteiger charge is -1.91. The number of hydrogen-bond acceptors (Lipinski definition) is 2. The van der Waals surface area contributed by atoms with Crippen molar-refractivity contribution in [2.24, 2.45) is 0 Å². The molecule has 4 heteroatoms. The summed E-state index contributed by atoms with van der Waals surface area (Å²) in [5.74, 6) is 0.761. The fraction of sp³-hybridized carbons (Fsp3) is 0.571. The zero-order chi connectivity index (χ0) is 8.27. The molecule has 0 atom stereocenters. The van der Waals surface area contributed by atoms with Crippen LogP contribution in [0, 0.1) is 0 Å². The first kappa shape index (κ1) is 8.59. The Kier molecular flexibility index (Phi) is 2.93. The van der Waals surface area contributed by atoms with Crippen molar-refractivity contribution in [2.75, 3.05) is 0 Å². The molecule has 3 nitrogen and oxygen atoms in total. The van der Waals surface area contributed by atoms with E-state index in [9.17, 15) is 4.79 Å². The zero-order valence-corrected chi connectivity index (χ0v) is 7.93. The largest absolute Gasteiger partial charge is 0.380 e. The van der Waals surface area contributed by atoms with E-state index in [0.717, 1.165) is 18.6 Å². The van der Waals surface area contributed by atoms with E-state index < -0.39 is 0 Å². The first-order chi connectivity index (χ1) is 5.27. The fourth-order valence-corrected chi connectivity index (χ4v) is 1.22. The second-order valence-electron chi connectivity index (χ2n) is 2.29. The van der Waals surface area contributed by atoms with Gasteiger partial charge in [0.2, 0.25) is 0 Å². The Labute approximate surface area is 73.1 Å². The number of hydrogen-bond donors (Lipinski definition) is 0. The highest BCUT2D eigenvalue weighted by molar-refractivity contribution is 9.08. The molecule has 0 radical (unpaired) electrons. The Bertz CT molecular complexity index is 276. The van der Waals surface area contributed by atoms with Crippen molar-refractivity contribution in [2.45, 2.75) is 25.2 Å². The molecular formula is C7H10BrNO2. The van der Waals surface area contributed by atoms with E-state index in [2.05, 4.69) is 15.9 Å². The molecular weight excluding hydrogens is 210 g/mol. The Morgan fingerprint density at radius 2 is 2.45 bits per heavy atom. The van der Waals surface area contributed by atoms with E-state index >= 15 is 0 Å². The summed E-state index contributed by atoms with van der Waals surface area (Å²) in [4.78, 5) is 11.0. The molecule has 0 saturated heterocycles. The normalized spacial score (nSPS) is 10.4. The Morgan fingerprint density at radius 1 is 1.73 bits per heavy atom. The van der Waals surface area contributed by atoms with E-state index in [1.807, 2.05) is 6.92 Å². The van der Waals surface area contributed by atoms with Crippen LogP contribution in [-0.2, 0) is 11.9 Å². The van der Waals surface area contributed by atoms with Gasteiger partial charge in [-0.15, -0.1) is 0 Å². The molecule has 1 heterocycles. The smallest absolute Gasteiger partial charge is 0.283 e. The molecule has 0 amide bonds. The van der Waals surface area contributed by atoms with Crippen molar-refractivity contribution >= 4 is 15.9 Å². The van der Waals surface area contributed by atoms with Gasteiger partial charge in [-0.25, -0.2) is 0 Å². The molecule has 1 aromatic rings. The number of aromatic nitrogens is 1. The summed E-state index contributed by atoms with van der Waals surface area (Å²) >= 11 is 3.14. The van der Waals surface area contributed by atoms with E-state index in [0.29, 0.717) is 5.45 Å². The summed E-state index contributed by atoms with van der Waals surface area (Å²) in [6.45, 7) is 2.05. The zero-order valence-electron chi connectivity index (χ0n) is 6.34. The van der Waals surface area contributed by atoms with Gasteiger partial charge in [0, 0.05) is 12.5 Å². The highest BCUT2D eigenvalue weighted by atomic mass is 79.9. The Morgan fingerprint density at radius 3 is 2.91 bits per heavy atom. The van der Waals surface area contributed by atoms with E-state index in [1.165, 1.54) is 10.8 Å². The summed E-state index contributed by atoms with van der Waals surface area (Å²) in [5, 5.41) is 0. The van der Waals surface area contributed by atoms with Crippen molar-refractivity contribution < 1.29 is 4.52 Å². The molecule has 0 N–H and O–H groups in total. The van der Waals surface area contributed by atoms with Crippen LogP contribution in [0.25, 0.3) is 0 Å². The van der Waals surface area contributed by atoms with Gasteiger partial charge >= 0.3 is 0 Å². The molecule has 0 fully saturated rings. The van der Waals surface area contributed by atoms with Gasteiger partial charge in [0.05, 0.1) is 0 Å². The molecule has 0 saturated carbocycles. The summed E-state index contributed by atoms with van der Waals surface area (Å²) in [6, 6.07) is 1.53. The van der Waals surface area contributed by atoms with Gasteiger partial charge in [-0.1, -0.05) is 22.9 Å². The standard InChI is InChI=1S/C7H10BrNO2/c1-2-3-6-4-7(10)9(5-8)11-6/h4H,2-3,5H2,1H3. The highest BCUT2D eigenvalue weighted by Crippen LogP contribution is 2.01. The average Bonchev–Trinajstić information content (AvgIpc) is 2.32. The molecule has 0 spiro atoms.